The molecule has 0 amide bonds. The highest BCUT2D eigenvalue weighted by Gasteiger charge is 2.11. The van der Waals surface area contributed by atoms with Gasteiger partial charge in [0.2, 0.25) is 0 Å². The van der Waals surface area contributed by atoms with Crippen molar-refractivity contribution in [3.05, 3.63) is 42.0 Å². The van der Waals surface area contributed by atoms with Crippen molar-refractivity contribution >= 4 is 40.1 Å². The van der Waals surface area contributed by atoms with Crippen LogP contribution in [0.25, 0.3) is 21.8 Å². The number of nitrogens with zero attached hydrogens (tertiary/aromatic N) is 1. The standard InChI is InChI=1S/C15H18N4S/c1-9-6-7-13-11(8-9)10-4-3-5-12(14(10)19(13)2)17-18-15(16)20/h3-8,15,17-18,20H,16H2,1-2H3. The highest BCUT2D eigenvalue weighted by Crippen LogP contribution is 2.32. The summed E-state index contributed by atoms with van der Waals surface area (Å²) >= 11 is 4.11. The number of nitrogens with one attached hydrogen (secondary N) is 2. The van der Waals surface area contributed by atoms with E-state index in [1.165, 1.54) is 21.9 Å². The van der Waals surface area contributed by atoms with Crippen molar-refractivity contribution < 1.29 is 0 Å². The number of aromatic nitrogens is 1. The Kier molecular flexibility index (Phi) is 3.33. The lowest BCUT2D eigenvalue weighted by Gasteiger charge is -2.12. The van der Waals surface area contributed by atoms with E-state index in [0.717, 1.165) is 11.2 Å². The fourth-order valence-electron chi connectivity index (χ4n) is 2.65. The molecule has 3 aromatic rings. The number of anilines is 1. The van der Waals surface area contributed by atoms with E-state index in [4.69, 9.17) is 5.73 Å². The monoisotopic (exact) mass is 286 g/mol. The van der Waals surface area contributed by atoms with E-state index >= 15 is 0 Å². The summed E-state index contributed by atoms with van der Waals surface area (Å²) in [6.07, 6.45) is 0. The number of aryl methyl sites for hydroxylation is 2. The molecule has 0 aliphatic rings. The summed E-state index contributed by atoms with van der Waals surface area (Å²) < 4.78 is 2.19. The average Bonchev–Trinajstić information content (AvgIpc) is 2.70. The van der Waals surface area contributed by atoms with Crippen LogP contribution in [0.2, 0.25) is 0 Å². The molecule has 0 saturated carbocycles. The second-order valence-corrected chi connectivity index (χ2v) is 5.55. The summed E-state index contributed by atoms with van der Waals surface area (Å²) in [5.41, 5.74) is 15.9. The summed E-state index contributed by atoms with van der Waals surface area (Å²) in [7, 11) is 2.08. The van der Waals surface area contributed by atoms with Crippen LogP contribution in [-0.2, 0) is 7.05 Å². The third kappa shape index (κ3) is 2.14. The molecule has 5 heteroatoms. The van der Waals surface area contributed by atoms with Crippen LogP contribution in [0, 0.1) is 6.92 Å². The normalized spacial score (nSPS) is 13.0. The van der Waals surface area contributed by atoms with Gasteiger partial charge in [-0.3, -0.25) is 0 Å². The van der Waals surface area contributed by atoms with Crippen LogP contribution in [0.15, 0.2) is 36.4 Å². The molecule has 0 fully saturated rings. The van der Waals surface area contributed by atoms with Crippen molar-refractivity contribution in [3.63, 3.8) is 0 Å². The molecule has 1 heterocycles. The van der Waals surface area contributed by atoms with Crippen molar-refractivity contribution in [2.24, 2.45) is 12.8 Å². The summed E-state index contributed by atoms with van der Waals surface area (Å²) in [5, 5.41) is 2.49. The van der Waals surface area contributed by atoms with Gasteiger partial charge in [-0.15, -0.1) is 12.6 Å². The summed E-state index contributed by atoms with van der Waals surface area (Å²) in [4.78, 5) is 0. The molecule has 0 spiro atoms. The van der Waals surface area contributed by atoms with Crippen molar-refractivity contribution in [1.82, 2.24) is 9.99 Å². The second kappa shape index (κ2) is 5.01. The highest BCUT2D eigenvalue weighted by molar-refractivity contribution is 7.80. The highest BCUT2D eigenvalue weighted by atomic mass is 32.1. The molecule has 4 nitrogen and oxygen atoms in total. The third-order valence-corrected chi connectivity index (χ3v) is 3.66. The summed E-state index contributed by atoms with van der Waals surface area (Å²) in [5.74, 6) is 0. The lowest BCUT2D eigenvalue weighted by Crippen LogP contribution is -2.36. The minimum absolute atomic E-state index is 0.415. The molecule has 0 aliphatic carbocycles. The van der Waals surface area contributed by atoms with Gasteiger partial charge in [0, 0.05) is 23.3 Å². The SMILES string of the molecule is Cc1ccc2c(c1)c1cccc(NNC(N)S)c1n2C. The molecule has 1 unspecified atom stereocenters. The van der Waals surface area contributed by atoms with E-state index in [1.54, 1.807) is 0 Å². The molecule has 20 heavy (non-hydrogen) atoms. The van der Waals surface area contributed by atoms with Crippen molar-refractivity contribution in [1.29, 1.82) is 0 Å². The van der Waals surface area contributed by atoms with E-state index in [-0.39, 0.29) is 0 Å². The molecular formula is C15H18N4S. The summed E-state index contributed by atoms with van der Waals surface area (Å²) in [6.45, 7) is 2.11. The van der Waals surface area contributed by atoms with E-state index in [2.05, 4.69) is 66.3 Å². The average molecular weight is 286 g/mol. The molecular weight excluding hydrogens is 268 g/mol. The van der Waals surface area contributed by atoms with Gasteiger partial charge in [-0.1, -0.05) is 23.8 Å². The first-order valence-corrected chi connectivity index (χ1v) is 7.02. The molecule has 0 aliphatic heterocycles. The molecule has 1 aromatic heterocycles. The number of benzene rings is 2. The van der Waals surface area contributed by atoms with Gasteiger partial charge in [0.15, 0.2) is 0 Å². The van der Waals surface area contributed by atoms with Crippen LogP contribution < -0.4 is 16.6 Å². The molecule has 0 bridgehead atoms. The molecule has 4 N–H and O–H groups in total. The zero-order valence-corrected chi connectivity index (χ0v) is 12.4. The van der Waals surface area contributed by atoms with Gasteiger partial charge in [0.1, 0.15) is 5.50 Å². The molecule has 2 aromatic carbocycles. The van der Waals surface area contributed by atoms with Gasteiger partial charge in [-0.25, -0.2) is 5.43 Å². The quantitative estimate of drug-likeness (QED) is 0.340. The number of para-hydroxylation sites is 1. The Bertz CT molecular complexity index is 776. The van der Waals surface area contributed by atoms with Gasteiger partial charge in [0.05, 0.1) is 11.2 Å². The maximum atomic E-state index is 5.60. The first-order chi connectivity index (χ1) is 9.58. The van der Waals surface area contributed by atoms with E-state index in [9.17, 15) is 0 Å². The molecule has 0 saturated heterocycles. The Morgan fingerprint density at radius 2 is 2.00 bits per heavy atom. The van der Waals surface area contributed by atoms with Crippen molar-refractivity contribution in [3.8, 4) is 0 Å². The minimum Gasteiger partial charge on any atom is -0.342 e. The maximum absolute atomic E-state index is 5.60. The van der Waals surface area contributed by atoms with E-state index in [1.807, 2.05) is 12.1 Å². The van der Waals surface area contributed by atoms with Gasteiger partial charge < -0.3 is 15.7 Å². The fraction of sp³-hybridized carbons (Fsp3) is 0.200. The fourth-order valence-corrected chi connectivity index (χ4v) is 2.72. The first kappa shape index (κ1) is 13.3. The zero-order valence-electron chi connectivity index (χ0n) is 11.5. The number of hydrogen-bond acceptors (Lipinski definition) is 4. The Hall–Kier alpha value is -1.69. The maximum Gasteiger partial charge on any atom is 0.117 e. The van der Waals surface area contributed by atoms with Gasteiger partial charge in [-0.2, -0.15) is 0 Å². The minimum atomic E-state index is -0.415. The van der Waals surface area contributed by atoms with Crippen LogP contribution in [0.5, 0.6) is 0 Å². The van der Waals surface area contributed by atoms with E-state index < -0.39 is 5.50 Å². The van der Waals surface area contributed by atoms with Crippen molar-refractivity contribution in [2.75, 3.05) is 5.43 Å². The smallest absolute Gasteiger partial charge is 0.117 e. The first-order valence-electron chi connectivity index (χ1n) is 6.51. The number of nitrogens with two attached hydrogens (primary N) is 1. The van der Waals surface area contributed by atoms with Crippen LogP contribution in [0.1, 0.15) is 5.56 Å². The summed E-state index contributed by atoms with van der Waals surface area (Å²) in [6, 6.07) is 12.7. The number of thiol groups is 1. The zero-order chi connectivity index (χ0) is 14.3. The lowest BCUT2D eigenvalue weighted by molar-refractivity contribution is 0.767. The third-order valence-electron chi connectivity index (χ3n) is 3.53. The largest absolute Gasteiger partial charge is 0.342 e. The second-order valence-electron chi connectivity index (χ2n) is 5.00. The number of rotatable bonds is 3. The lowest BCUT2D eigenvalue weighted by atomic mass is 10.1. The number of hydrogen-bond donors (Lipinski definition) is 4. The predicted octanol–water partition coefficient (Wildman–Crippen LogP) is 2.73. The molecule has 1 atom stereocenters. The number of fused-ring (bicyclic) bond motifs is 3. The van der Waals surface area contributed by atoms with Crippen molar-refractivity contribution in [2.45, 2.75) is 12.4 Å². The Morgan fingerprint density at radius 1 is 1.20 bits per heavy atom. The van der Waals surface area contributed by atoms with Gasteiger partial charge >= 0.3 is 0 Å². The Labute approximate surface area is 123 Å². The molecule has 104 valence electrons. The number of hydrazine groups is 1. The Balaban J connectivity index is 2.26. The topological polar surface area (TPSA) is 55.0 Å². The molecule has 3 rings (SSSR count). The van der Waals surface area contributed by atoms with Crippen LogP contribution in [0.3, 0.4) is 0 Å². The Morgan fingerprint density at radius 3 is 2.75 bits per heavy atom. The van der Waals surface area contributed by atoms with Gasteiger partial charge in [-0.05, 0) is 25.1 Å². The predicted molar refractivity (Wildman–Crippen MR) is 88.9 cm³/mol. The van der Waals surface area contributed by atoms with Crippen LogP contribution in [0.4, 0.5) is 5.69 Å². The molecule has 0 radical (unpaired) electrons. The van der Waals surface area contributed by atoms with Crippen LogP contribution >= 0.6 is 12.6 Å². The van der Waals surface area contributed by atoms with Crippen LogP contribution in [-0.4, -0.2) is 10.1 Å². The van der Waals surface area contributed by atoms with Gasteiger partial charge in [0.25, 0.3) is 0 Å². The van der Waals surface area contributed by atoms with E-state index in [0.29, 0.717) is 0 Å².